The number of imide groups is 1. The summed E-state index contributed by atoms with van der Waals surface area (Å²) in [7, 11) is 1.65. The minimum atomic E-state index is -0.665. The van der Waals surface area contributed by atoms with E-state index >= 15 is 0 Å². The smallest absolute Gasteiger partial charge is 0.255 e. The molecule has 1 unspecified atom stereocenters. The fraction of sp³-hybridized carbons (Fsp3) is 0.250. The van der Waals surface area contributed by atoms with Crippen molar-refractivity contribution in [3.63, 3.8) is 0 Å². The molecule has 2 aliphatic rings. The van der Waals surface area contributed by atoms with E-state index in [-0.39, 0.29) is 24.8 Å². The van der Waals surface area contributed by atoms with E-state index in [1.165, 1.54) is 4.90 Å². The third kappa shape index (κ3) is 6.42. The normalized spacial score (nSPS) is 15.8. The molecule has 7 rings (SSSR count). The summed E-state index contributed by atoms with van der Waals surface area (Å²) in [6, 6.07) is 20.7. The van der Waals surface area contributed by atoms with Gasteiger partial charge in [0.1, 0.15) is 35.6 Å². The van der Waals surface area contributed by atoms with E-state index in [1.54, 1.807) is 25.4 Å². The molecule has 2 aromatic carbocycles. The van der Waals surface area contributed by atoms with Gasteiger partial charge in [0.15, 0.2) is 0 Å². The fourth-order valence-corrected chi connectivity index (χ4v) is 6.03. The lowest BCUT2D eigenvalue weighted by molar-refractivity contribution is -0.136. The van der Waals surface area contributed by atoms with Crippen LogP contribution in [0.4, 0.5) is 5.82 Å². The Bertz CT molecular complexity index is 1990. The molecular formula is C36H34N6O6. The lowest BCUT2D eigenvalue weighted by Crippen LogP contribution is -2.52. The molecule has 3 aromatic heterocycles. The number of pyridine rings is 2. The predicted molar refractivity (Wildman–Crippen MR) is 178 cm³/mol. The monoisotopic (exact) mass is 646 g/mol. The third-order valence-electron chi connectivity index (χ3n) is 8.51. The number of aromatic nitrogens is 3. The maximum absolute atomic E-state index is 13.0. The van der Waals surface area contributed by atoms with Crippen molar-refractivity contribution in [3.05, 3.63) is 96.4 Å². The number of methoxy groups -OCH3 is 1. The average Bonchev–Trinajstić information content (AvgIpc) is 3.69. The molecule has 0 radical (unpaired) electrons. The van der Waals surface area contributed by atoms with Crippen molar-refractivity contribution >= 4 is 29.2 Å². The van der Waals surface area contributed by atoms with Crippen molar-refractivity contribution in [2.75, 3.05) is 38.8 Å². The minimum absolute atomic E-state index is 0.212. The van der Waals surface area contributed by atoms with Crippen LogP contribution in [0.25, 0.3) is 28.0 Å². The molecule has 244 valence electrons. The SMILES string of the molecule is COc1ccc2nc(-c3ccc(-c4ccnc(NCCOCCOc5cccc6c5CN(C5CCC(=O)NC5=O)C6=O)c4)cc3)cn2c1. The highest BCUT2D eigenvalue weighted by Gasteiger charge is 2.40. The summed E-state index contributed by atoms with van der Waals surface area (Å²) in [5.41, 5.74) is 6.13. The summed E-state index contributed by atoms with van der Waals surface area (Å²) in [5, 5.41) is 5.64. The first-order chi connectivity index (χ1) is 23.5. The van der Waals surface area contributed by atoms with Crippen LogP contribution in [0.5, 0.6) is 11.5 Å². The van der Waals surface area contributed by atoms with Gasteiger partial charge in [-0.05, 0) is 53.9 Å². The highest BCUT2D eigenvalue weighted by molar-refractivity contribution is 6.05. The number of benzene rings is 2. The Kier molecular flexibility index (Phi) is 8.71. The second-order valence-electron chi connectivity index (χ2n) is 11.5. The highest BCUT2D eigenvalue weighted by atomic mass is 16.5. The van der Waals surface area contributed by atoms with E-state index in [0.29, 0.717) is 44.1 Å². The standard InChI is InChI=1S/C36H34N6O6/c1-46-26-9-11-33-39-29(22-41(33)20-26)24-7-5-23(6-8-24)25-13-14-37-32(19-25)38-15-16-47-17-18-48-31-4-2-3-27-28(31)21-42(36(27)45)30-10-12-34(43)40-35(30)44/h2-9,11,13-14,19-20,22,30H,10,12,15-18,21H2,1H3,(H,37,38)(H,40,43,44). The molecule has 48 heavy (non-hydrogen) atoms. The second-order valence-corrected chi connectivity index (χ2v) is 11.5. The lowest BCUT2D eigenvalue weighted by Gasteiger charge is -2.29. The van der Waals surface area contributed by atoms with Gasteiger partial charge in [-0.25, -0.2) is 9.97 Å². The molecule has 2 N–H and O–H groups in total. The number of hydrogen-bond donors (Lipinski definition) is 2. The van der Waals surface area contributed by atoms with Crippen LogP contribution in [0.3, 0.4) is 0 Å². The number of hydrogen-bond acceptors (Lipinski definition) is 9. The van der Waals surface area contributed by atoms with Crippen molar-refractivity contribution in [2.24, 2.45) is 0 Å². The van der Waals surface area contributed by atoms with Gasteiger partial charge in [0, 0.05) is 42.0 Å². The Hall–Kier alpha value is -5.75. The molecule has 3 amide bonds. The largest absolute Gasteiger partial charge is 0.495 e. The van der Waals surface area contributed by atoms with Crippen LogP contribution in [0, 0.1) is 0 Å². The quantitative estimate of drug-likeness (QED) is 0.150. The summed E-state index contributed by atoms with van der Waals surface area (Å²) in [6.45, 7) is 1.93. The Balaban J connectivity index is 0.871. The predicted octanol–water partition coefficient (Wildman–Crippen LogP) is 4.34. The Morgan fingerprint density at radius 1 is 0.938 bits per heavy atom. The number of piperidine rings is 1. The van der Waals surface area contributed by atoms with E-state index in [0.717, 1.165) is 45.2 Å². The topological polar surface area (TPSA) is 136 Å². The molecule has 0 saturated carbocycles. The first-order valence-electron chi connectivity index (χ1n) is 15.8. The zero-order chi connectivity index (χ0) is 33.0. The van der Waals surface area contributed by atoms with E-state index in [2.05, 4.69) is 39.9 Å². The summed E-state index contributed by atoms with van der Waals surface area (Å²) in [4.78, 5) is 47.6. The molecule has 5 heterocycles. The third-order valence-corrected chi connectivity index (χ3v) is 8.51. The van der Waals surface area contributed by atoms with Crippen molar-refractivity contribution in [2.45, 2.75) is 25.4 Å². The van der Waals surface area contributed by atoms with E-state index in [9.17, 15) is 14.4 Å². The van der Waals surface area contributed by atoms with Gasteiger partial charge in [-0.1, -0.05) is 30.3 Å². The van der Waals surface area contributed by atoms with Gasteiger partial charge < -0.3 is 28.8 Å². The van der Waals surface area contributed by atoms with Crippen LogP contribution >= 0.6 is 0 Å². The number of carbonyl (C=O) groups excluding carboxylic acids is 3. The van der Waals surface area contributed by atoms with E-state index in [1.807, 2.05) is 47.1 Å². The summed E-state index contributed by atoms with van der Waals surface area (Å²) in [6.07, 6.45) is 6.21. The van der Waals surface area contributed by atoms with Crippen LogP contribution in [0.2, 0.25) is 0 Å². The second kappa shape index (κ2) is 13.5. The number of nitrogens with zero attached hydrogens (tertiary/aromatic N) is 4. The van der Waals surface area contributed by atoms with Crippen LogP contribution < -0.4 is 20.1 Å². The number of fused-ring (bicyclic) bond motifs is 2. The minimum Gasteiger partial charge on any atom is -0.495 e. The average molecular weight is 647 g/mol. The van der Waals surface area contributed by atoms with Crippen molar-refractivity contribution in [1.82, 2.24) is 24.6 Å². The number of amides is 3. The molecule has 5 aromatic rings. The number of nitrogens with one attached hydrogen (secondary N) is 2. The zero-order valence-corrected chi connectivity index (χ0v) is 26.3. The molecule has 0 aliphatic carbocycles. The van der Waals surface area contributed by atoms with Crippen molar-refractivity contribution in [3.8, 4) is 33.9 Å². The first kappa shape index (κ1) is 30.9. The Morgan fingerprint density at radius 2 is 1.79 bits per heavy atom. The van der Waals surface area contributed by atoms with Gasteiger partial charge in [0.2, 0.25) is 11.8 Å². The molecule has 2 aliphatic heterocycles. The van der Waals surface area contributed by atoms with Crippen molar-refractivity contribution in [1.29, 1.82) is 0 Å². The summed E-state index contributed by atoms with van der Waals surface area (Å²) < 4.78 is 19.0. The zero-order valence-electron chi connectivity index (χ0n) is 26.3. The number of anilines is 1. The maximum atomic E-state index is 13.0. The van der Waals surface area contributed by atoms with Crippen molar-refractivity contribution < 1.29 is 28.6 Å². The molecule has 1 atom stereocenters. The molecule has 1 fully saturated rings. The van der Waals surface area contributed by atoms with Crippen LogP contribution in [-0.2, 0) is 20.9 Å². The summed E-state index contributed by atoms with van der Waals surface area (Å²) >= 11 is 0. The van der Waals surface area contributed by atoms with Gasteiger partial charge in [-0.2, -0.15) is 0 Å². The van der Waals surface area contributed by atoms with Gasteiger partial charge in [0.05, 0.1) is 38.8 Å². The number of rotatable bonds is 12. The van der Waals surface area contributed by atoms with Gasteiger partial charge in [-0.3, -0.25) is 19.7 Å². The molecule has 12 nitrogen and oxygen atoms in total. The van der Waals surface area contributed by atoms with Gasteiger partial charge >= 0.3 is 0 Å². The number of ether oxygens (including phenoxy) is 3. The van der Waals surface area contributed by atoms with Crippen LogP contribution in [-0.4, -0.2) is 76.5 Å². The molecule has 0 bridgehead atoms. The fourth-order valence-electron chi connectivity index (χ4n) is 6.03. The molecule has 12 heteroatoms. The number of imidazole rings is 1. The summed E-state index contributed by atoms with van der Waals surface area (Å²) in [5.74, 6) is 1.13. The van der Waals surface area contributed by atoms with Crippen LogP contribution in [0.1, 0.15) is 28.8 Å². The highest BCUT2D eigenvalue weighted by Crippen LogP contribution is 2.33. The number of carbonyl (C=O) groups is 3. The first-order valence-corrected chi connectivity index (χ1v) is 15.8. The van der Waals surface area contributed by atoms with Crippen LogP contribution in [0.15, 0.2) is 85.3 Å². The van der Waals surface area contributed by atoms with E-state index < -0.39 is 11.9 Å². The van der Waals surface area contributed by atoms with E-state index in [4.69, 9.17) is 19.2 Å². The molecule has 1 saturated heterocycles. The molecule has 0 spiro atoms. The maximum Gasteiger partial charge on any atom is 0.255 e. The van der Waals surface area contributed by atoms with Gasteiger partial charge in [-0.15, -0.1) is 0 Å². The Labute approximate surface area is 276 Å². The lowest BCUT2D eigenvalue weighted by atomic mass is 10.0. The molecular weight excluding hydrogens is 612 g/mol. The Morgan fingerprint density at radius 3 is 2.62 bits per heavy atom. The van der Waals surface area contributed by atoms with Gasteiger partial charge in [0.25, 0.3) is 5.91 Å².